The predicted molar refractivity (Wildman–Crippen MR) is 121 cm³/mol. The second-order valence-electron chi connectivity index (χ2n) is 7.16. The number of amides is 2. The molecule has 0 aliphatic carbocycles. The van der Waals surface area contributed by atoms with E-state index < -0.39 is 17.8 Å². The summed E-state index contributed by atoms with van der Waals surface area (Å²) in [6, 6.07) is 3.33. The molecule has 0 spiro atoms. The van der Waals surface area contributed by atoms with Crippen molar-refractivity contribution in [2.45, 2.75) is 27.3 Å². The van der Waals surface area contributed by atoms with Crippen molar-refractivity contribution in [2.75, 3.05) is 12.4 Å². The first kappa shape index (κ1) is 22.1. The Balaban J connectivity index is 1.73. The molecule has 0 unspecified atom stereocenters. The van der Waals surface area contributed by atoms with Crippen LogP contribution in [0.1, 0.15) is 48.7 Å². The lowest BCUT2D eigenvalue weighted by molar-refractivity contribution is 0.0601. The predicted octanol–water partition coefficient (Wildman–Crippen LogP) is 2.43. The number of aromatic nitrogens is 5. The van der Waals surface area contributed by atoms with E-state index in [0.29, 0.717) is 11.2 Å². The molecule has 170 valence electrons. The number of esters is 1. The largest absolute Gasteiger partial charge is 0.465 e. The average molecular weight is 468 g/mol. The van der Waals surface area contributed by atoms with Crippen molar-refractivity contribution in [3.05, 3.63) is 51.9 Å². The van der Waals surface area contributed by atoms with Crippen molar-refractivity contribution >= 4 is 39.8 Å². The van der Waals surface area contributed by atoms with Crippen LogP contribution in [0.3, 0.4) is 0 Å². The lowest BCUT2D eigenvalue weighted by Gasteiger charge is -2.05. The van der Waals surface area contributed by atoms with Gasteiger partial charge in [0.05, 0.1) is 29.4 Å². The smallest absolute Gasteiger partial charge is 0.341 e. The average Bonchev–Trinajstić information content (AvgIpc) is 3.48. The van der Waals surface area contributed by atoms with Crippen LogP contribution in [0.5, 0.6) is 0 Å². The minimum Gasteiger partial charge on any atom is -0.465 e. The van der Waals surface area contributed by atoms with Crippen LogP contribution in [-0.2, 0) is 11.3 Å². The highest BCUT2D eigenvalue weighted by Gasteiger charge is 2.26. The number of hydrogen-bond acceptors (Lipinski definition) is 8. The Bertz CT molecular complexity index is 1420. The van der Waals surface area contributed by atoms with Crippen molar-refractivity contribution in [3.63, 3.8) is 0 Å². The van der Waals surface area contributed by atoms with E-state index in [2.05, 4.69) is 20.5 Å². The first-order valence-corrected chi connectivity index (χ1v) is 10.8. The number of primary amides is 1. The van der Waals surface area contributed by atoms with Gasteiger partial charge in [0.2, 0.25) is 0 Å². The molecule has 0 radical (unpaired) electrons. The van der Waals surface area contributed by atoms with Crippen LogP contribution in [0.4, 0.5) is 5.00 Å². The number of anilines is 1. The van der Waals surface area contributed by atoms with Crippen LogP contribution in [0.15, 0.2) is 24.5 Å². The Labute approximate surface area is 192 Å². The molecule has 0 fully saturated rings. The zero-order valence-electron chi connectivity index (χ0n) is 18.4. The number of fused-ring (bicyclic) bond motifs is 1. The molecule has 33 heavy (non-hydrogen) atoms. The van der Waals surface area contributed by atoms with E-state index in [9.17, 15) is 14.4 Å². The molecule has 4 aromatic rings. The van der Waals surface area contributed by atoms with Crippen LogP contribution in [0.25, 0.3) is 16.9 Å². The second-order valence-corrected chi connectivity index (χ2v) is 8.18. The Morgan fingerprint density at radius 3 is 2.67 bits per heavy atom. The third kappa shape index (κ3) is 3.74. The minimum absolute atomic E-state index is 0.0785. The van der Waals surface area contributed by atoms with Gasteiger partial charge in [0.25, 0.3) is 11.8 Å². The number of aryl methyl sites for hydroxylation is 1. The molecule has 0 saturated carbocycles. The first-order chi connectivity index (χ1) is 15.8. The number of nitrogens with two attached hydrogens (primary N) is 1. The summed E-state index contributed by atoms with van der Waals surface area (Å²) in [6.45, 7) is 6.25. The number of carbonyl (C=O) groups is 3. The summed E-state index contributed by atoms with van der Waals surface area (Å²) in [5, 5.41) is 11.6. The molecule has 0 aromatic carbocycles. The van der Waals surface area contributed by atoms with Crippen LogP contribution in [-0.4, -0.2) is 49.3 Å². The summed E-state index contributed by atoms with van der Waals surface area (Å²) in [5.41, 5.74) is 8.93. The molecule has 0 atom stereocenters. The van der Waals surface area contributed by atoms with E-state index in [-0.39, 0.29) is 21.1 Å². The number of nitrogens with zero attached hydrogens (tertiary/aromatic N) is 5. The highest BCUT2D eigenvalue weighted by molar-refractivity contribution is 7.18. The van der Waals surface area contributed by atoms with E-state index in [1.807, 2.05) is 18.5 Å². The number of thiophene rings is 1. The number of carbonyl (C=O) groups excluding carboxylic acids is 3. The molecule has 4 rings (SSSR count). The van der Waals surface area contributed by atoms with Gasteiger partial charge < -0.3 is 15.8 Å². The maximum absolute atomic E-state index is 13.0. The summed E-state index contributed by atoms with van der Waals surface area (Å²) in [5.74, 6) is -1.96. The molecule has 2 amide bonds. The normalized spacial score (nSPS) is 11.0. The van der Waals surface area contributed by atoms with Gasteiger partial charge >= 0.3 is 5.97 Å². The molecule has 12 heteroatoms. The summed E-state index contributed by atoms with van der Waals surface area (Å²) in [7, 11) is 1.22. The molecule has 4 aromatic heterocycles. The number of nitrogens with one attached hydrogen (secondary N) is 1. The van der Waals surface area contributed by atoms with E-state index in [0.717, 1.165) is 34.8 Å². The van der Waals surface area contributed by atoms with Crippen molar-refractivity contribution in [1.29, 1.82) is 0 Å². The van der Waals surface area contributed by atoms with E-state index in [1.54, 1.807) is 29.9 Å². The molecular formula is C21H21N7O4S. The van der Waals surface area contributed by atoms with Crippen molar-refractivity contribution in [1.82, 2.24) is 24.4 Å². The van der Waals surface area contributed by atoms with Crippen molar-refractivity contribution in [2.24, 2.45) is 5.73 Å². The quantitative estimate of drug-likeness (QED) is 0.414. The Morgan fingerprint density at radius 1 is 1.27 bits per heavy atom. The van der Waals surface area contributed by atoms with Crippen LogP contribution < -0.4 is 11.1 Å². The summed E-state index contributed by atoms with van der Waals surface area (Å²) < 4.78 is 8.23. The Kier molecular flexibility index (Phi) is 5.68. The molecule has 0 aliphatic heterocycles. The Hall–Kier alpha value is -4.06. The second kappa shape index (κ2) is 8.47. The summed E-state index contributed by atoms with van der Waals surface area (Å²) in [4.78, 5) is 41.5. The van der Waals surface area contributed by atoms with Crippen molar-refractivity contribution < 1.29 is 19.1 Å². The van der Waals surface area contributed by atoms with Gasteiger partial charge in [0.15, 0.2) is 11.3 Å². The maximum atomic E-state index is 13.0. The zero-order chi connectivity index (χ0) is 23.9. The minimum atomic E-state index is -0.701. The number of ether oxygens (including phenoxy) is 1. The van der Waals surface area contributed by atoms with Gasteiger partial charge in [0, 0.05) is 30.1 Å². The molecule has 4 heterocycles. The van der Waals surface area contributed by atoms with Crippen molar-refractivity contribution in [3.8, 4) is 11.3 Å². The fourth-order valence-electron chi connectivity index (χ4n) is 3.58. The third-order valence-corrected chi connectivity index (χ3v) is 6.48. The molecule has 0 saturated heterocycles. The molecular weight excluding hydrogens is 446 g/mol. The Morgan fingerprint density at radius 2 is 2.03 bits per heavy atom. The first-order valence-electron chi connectivity index (χ1n) is 9.97. The lowest BCUT2D eigenvalue weighted by Crippen LogP contribution is -2.15. The lowest BCUT2D eigenvalue weighted by atomic mass is 10.1. The number of hydrogen-bond donors (Lipinski definition) is 2. The van der Waals surface area contributed by atoms with Gasteiger partial charge in [0.1, 0.15) is 5.00 Å². The monoisotopic (exact) mass is 467 g/mol. The van der Waals surface area contributed by atoms with Gasteiger partial charge in [-0.05, 0) is 32.4 Å². The highest BCUT2D eigenvalue weighted by atomic mass is 32.1. The molecule has 0 bridgehead atoms. The fraction of sp³-hybridized carbons (Fsp3) is 0.238. The number of rotatable bonds is 6. The van der Waals surface area contributed by atoms with E-state index in [4.69, 9.17) is 10.5 Å². The third-order valence-electron chi connectivity index (χ3n) is 5.26. The SMILES string of the molecule is CCn1ncc(-c2ccnc3cc(C(=O)Nc4sc(C(N)=O)c(C)c4C(=O)OC)nn23)c1C. The van der Waals surface area contributed by atoms with Crippen LogP contribution in [0, 0.1) is 13.8 Å². The van der Waals surface area contributed by atoms with Gasteiger partial charge in [-0.25, -0.2) is 14.3 Å². The summed E-state index contributed by atoms with van der Waals surface area (Å²) >= 11 is 0.906. The molecule has 0 aliphatic rings. The van der Waals surface area contributed by atoms with Crippen LogP contribution in [0.2, 0.25) is 0 Å². The fourth-order valence-corrected chi connectivity index (χ4v) is 4.62. The van der Waals surface area contributed by atoms with Crippen LogP contribution >= 0.6 is 11.3 Å². The van der Waals surface area contributed by atoms with Gasteiger partial charge in [-0.1, -0.05) is 0 Å². The van der Waals surface area contributed by atoms with Gasteiger partial charge in [-0.2, -0.15) is 10.2 Å². The highest BCUT2D eigenvalue weighted by Crippen LogP contribution is 2.34. The summed E-state index contributed by atoms with van der Waals surface area (Å²) in [6.07, 6.45) is 3.38. The zero-order valence-corrected chi connectivity index (χ0v) is 19.2. The molecule has 3 N–H and O–H groups in total. The van der Waals surface area contributed by atoms with E-state index in [1.165, 1.54) is 13.2 Å². The molecule has 11 nitrogen and oxygen atoms in total. The van der Waals surface area contributed by atoms with Gasteiger partial charge in [-0.3, -0.25) is 14.3 Å². The number of methoxy groups -OCH3 is 1. The van der Waals surface area contributed by atoms with Gasteiger partial charge in [-0.15, -0.1) is 11.3 Å². The topological polar surface area (TPSA) is 146 Å². The van der Waals surface area contributed by atoms with E-state index >= 15 is 0 Å². The standard InChI is InChI=1S/C21H21N7O4S/c1-5-27-11(3)12(9-24-27)14-6-7-23-15-8-13(26-28(14)15)19(30)25-20-16(21(31)32-4)10(2)17(33-20)18(22)29/h6-9H,5H2,1-4H3,(H2,22,29)(H,25,30). The maximum Gasteiger partial charge on any atom is 0.341 e.